The van der Waals surface area contributed by atoms with Crippen molar-refractivity contribution in [3.8, 4) is 44.5 Å². The zero-order valence-corrected chi connectivity index (χ0v) is 33.5. The predicted molar refractivity (Wildman–Crippen MR) is 255 cm³/mol. The first-order valence-electron chi connectivity index (χ1n) is 20.5. The molecule has 0 spiro atoms. The van der Waals surface area contributed by atoms with Crippen LogP contribution in [-0.2, 0) is 0 Å². The first-order chi connectivity index (χ1) is 30.2. The molecule has 5 aromatic heterocycles. The van der Waals surface area contributed by atoms with Gasteiger partial charge < -0.3 is 4.57 Å². The van der Waals surface area contributed by atoms with Gasteiger partial charge in [-0.2, -0.15) is 0 Å². The summed E-state index contributed by atoms with van der Waals surface area (Å²) in [6.45, 7) is 0. The molecule has 13 rings (SSSR count). The van der Waals surface area contributed by atoms with Crippen molar-refractivity contribution in [2.75, 3.05) is 0 Å². The summed E-state index contributed by atoms with van der Waals surface area (Å²) >= 11 is 1.72. The molecule has 5 nitrogen and oxygen atoms in total. The fourth-order valence-corrected chi connectivity index (χ4v) is 10.5. The van der Waals surface area contributed by atoms with E-state index in [0.717, 1.165) is 70.5 Å². The van der Waals surface area contributed by atoms with E-state index in [1.54, 1.807) is 11.3 Å². The first kappa shape index (κ1) is 34.0. The summed E-state index contributed by atoms with van der Waals surface area (Å²) in [5, 5.41) is 9.71. The van der Waals surface area contributed by atoms with Gasteiger partial charge in [0.25, 0.3) is 0 Å². The lowest BCUT2D eigenvalue weighted by atomic mass is 9.99. The van der Waals surface area contributed by atoms with Crippen molar-refractivity contribution in [1.29, 1.82) is 0 Å². The average Bonchev–Trinajstić information content (AvgIpc) is 4.01. The number of fused-ring (bicyclic) bond motifs is 10. The molecule has 5 heterocycles. The second kappa shape index (κ2) is 13.3. The number of rotatable bonds is 5. The van der Waals surface area contributed by atoms with E-state index in [1.165, 1.54) is 43.4 Å². The Balaban J connectivity index is 1.06. The molecule has 61 heavy (non-hydrogen) atoms. The van der Waals surface area contributed by atoms with Crippen molar-refractivity contribution in [1.82, 2.24) is 24.1 Å². The van der Waals surface area contributed by atoms with Gasteiger partial charge in [0.15, 0.2) is 0 Å². The molecule has 8 aromatic carbocycles. The summed E-state index contributed by atoms with van der Waals surface area (Å²) in [4.78, 5) is 16.2. The molecular weight excluding hydrogens is 763 g/mol. The zero-order valence-electron chi connectivity index (χ0n) is 32.7. The Morgan fingerprint density at radius 3 is 1.90 bits per heavy atom. The average molecular weight is 796 g/mol. The zero-order chi connectivity index (χ0) is 40.0. The van der Waals surface area contributed by atoms with Gasteiger partial charge >= 0.3 is 0 Å². The third kappa shape index (κ3) is 5.29. The highest BCUT2D eigenvalue weighted by Gasteiger charge is 2.21. The van der Waals surface area contributed by atoms with Crippen molar-refractivity contribution < 1.29 is 0 Å². The number of hydrogen-bond donors (Lipinski definition) is 0. The minimum atomic E-state index is 0.648. The van der Waals surface area contributed by atoms with Crippen LogP contribution in [0.25, 0.3) is 120 Å². The topological polar surface area (TPSA) is 48.5 Å². The Hall–Kier alpha value is -7.93. The molecule has 284 valence electrons. The van der Waals surface area contributed by atoms with Gasteiger partial charge in [-0.1, -0.05) is 121 Å². The molecule has 0 saturated carbocycles. The molecule has 0 aliphatic heterocycles. The monoisotopic (exact) mass is 795 g/mol. The van der Waals surface area contributed by atoms with Crippen molar-refractivity contribution in [2.45, 2.75) is 0 Å². The maximum atomic E-state index is 5.44. The SMILES string of the molecule is c1ccc(-c2nc(-n3c4ccc(-c5ccc6c7c8ccccc8ccc7n(-c7ccccc7)c6c5)cc4c4cc5ccccc5cc43)nc3cc(-c4ccncc4)sc23)cc1. The van der Waals surface area contributed by atoms with E-state index in [4.69, 9.17) is 9.97 Å². The maximum absolute atomic E-state index is 5.44. The second-order valence-corrected chi connectivity index (χ2v) is 16.7. The Morgan fingerprint density at radius 1 is 0.393 bits per heavy atom. The second-order valence-electron chi connectivity index (χ2n) is 15.7. The van der Waals surface area contributed by atoms with Crippen LogP contribution in [0.1, 0.15) is 0 Å². The lowest BCUT2D eigenvalue weighted by molar-refractivity contribution is 1.02. The fourth-order valence-electron chi connectivity index (χ4n) is 9.39. The van der Waals surface area contributed by atoms with E-state index in [9.17, 15) is 0 Å². The molecule has 0 N–H and O–H groups in total. The molecule has 0 amide bonds. The molecule has 0 aliphatic carbocycles. The predicted octanol–water partition coefficient (Wildman–Crippen LogP) is 14.6. The lowest BCUT2D eigenvalue weighted by Crippen LogP contribution is -2.02. The van der Waals surface area contributed by atoms with Crippen molar-refractivity contribution >= 4 is 86.7 Å². The van der Waals surface area contributed by atoms with Crippen LogP contribution >= 0.6 is 11.3 Å². The summed E-state index contributed by atoms with van der Waals surface area (Å²) < 4.78 is 5.74. The number of thiophene rings is 1. The summed E-state index contributed by atoms with van der Waals surface area (Å²) in [5.74, 6) is 0.648. The quantitative estimate of drug-likeness (QED) is 0.174. The van der Waals surface area contributed by atoms with Gasteiger partial charge in [-0.05, 0) is 105 Å². The Morgan fingerprint density at radius 2 is 1.07 bits per heavy atom. The van der Waals surface area contributed by atoms with Crippen LogP contribution in [0.4, 0.5) is 0 Å². The molecule has 0 unspecified atom stereocenters. The number of aromatic nitrogens is 5. The van der Waals surface area contributed by atoms with E-state index in [0.29, 0.717) is 5.95 Å². The van der Waals surface area contributed by atoms with Crippen LogP contribution in [0.5, 0.6) is 0 Å². The van der Waals surface area contributed by atoms with Gasteiger partial charge in [0.05, 0.1) is 38.0 Å². The van der Waals surface area contributed by atoms with E-state index in [1.807, 2.05) is 12.4 Å². The van der Waals surface area contributed by atoms with Gasteiger partial charge in [0, 0.05) is 50.1 Å². The molecule has 0 saturated heterocycles. The normalized spacial score (nSPS) is 11.9. The minimum absolute atomic E-state index is 0.648. The van der Waals surface area contributed by atoms with Crippen molar-refractivity contribution in [2.24, 2.45) is 0 Å². The molecule has 0 radical (unpaired) electrons. The third-order valence-corrected chi connectivity index (χ3v) is 13.4. The first-order valence-corrected chi connectivity index (χ1v) is 21.3. The highest BCUT2D eigenvalue weighted by Crippen LogP contribution is 2.43. The number of benzene rings is 8. The van der Waals surface area contributed by atoms with Crippen LogP contribution in [-0.4, -0.2) is 24.1 Å². The Labute approximate surface area is 354 Å². The fraction of sp³-hybridized carbons (Fsp3) is 0. The molecule has 0 aliphatic rings. The van der Waals surface area contributed by atoms with Crippen LogP contribution in [0.2, 0.25) is 0 Å². The van der Waals surface area contributed by atoms with E-state index in [2.05, 4.69) is 202 Å². The molecule has 0 atom stereocenters. The van der Waals surface area contributed by atoms with Gasteiger partial charge in [-0.15, -0.1) is 11.3 Å². The summed E-state index contributed by atoms with van der Waals surface area (Å²) in [6.07, 6.45) is 3.68. The molecule has 0 bridgehead atoms. The lowest BCUT2D eigenvalue weighted by Gasteiger charge is -2.11. The number of nitrogens with zero attached hydrogens (tertiary/aromatic N) is 5. The smallest absolute Gasteiger partial charge is 0.235 e. The summed E-state index contributed by atoms with van der Waals surface area (Å²) in [6, 6.07) is 67.8. The third-order valence-electron chi connectivity index (χ3n) is 12.2. The Bertz CT molecular complexity index is 3860. The van der Waals surface area contributed by atoms with Crippen LogP contribution in [0, 0.1) is 0 Å². The van der Waals surface area contributed by atoms with Gasteiger partial charge in [0.2, 0.25) is 5.95 Å². The standard InChI is InChI=1S/C55H33N5S/c1-3-12-36(13-4-1)53-54-46(33-51(61-54)35-25-27-56-28-26-35)57-55(58-53)60-47-23-21-39(30-44(47)45-29-37-14-7-8-15-38(37)31-50(45)60)40-19-22-43-49(32-40)59(41-16-5-2-6-17-41)48-24-20-34-11-9-10-18-42(34)52(43)48/h1-33H. The van der Waals surface area contributed by atoms with Gasteiger partial charge in [-0.25, -0.2) is 9.97 Å². The summed E-state index contributed by atoms with van der Waals surface area (Å²) in [5.41, 5.74) is 12.0. The van der Waals surface area contributed by atoms with Crippen LogP contribution in [0.3, 0.4) is 0 Å². The molecule has 13 aromatic rings. The van der Waals surface area contributed by atoms with E-state index < -0.39 is 0 Å². The van der Waals surface area contributed by atoms with Crippen molar-refractivity contribution in [3.05, 3.63) is 200 Å². The highest BCUT2D eigenvalue weighted by atomic mass is 32.1. The summed E-state index contributed by atoms with van der Waals surface area (Å²) in [7, 11) is 0. The Kier molecular flexibility index (Phi) is 7.41. The van der Waals surface area contributed by atoms with Gasteiger partial charge in [0.1, 0.15) is 0 Å². The maximum Gasteiger partial charge on any atom is 0.235 e. The van der Waals surface area contributed by atoms with Crippen LogP contribution < -0.4 is 0 Å². The largest absolute Gasteiger partial charge is 0.309 e. The van der Waals surface area contributed by atoms with Crippen molar-refractivity contribution in [3.63, 3.8) is 0 Å². The number of pyridine rings is 1. The van der Waals surface area contributed by atoms with Crippen LogP contribution in [0.15, 0.2) is 200 Å². The number of para-hydroxylation sites is 1. The molecular formula is C55H33N5S. The minimum Gasteiger partial charge on any atom is -0.309 e. The molecule has 6 heteroatoms. The highest BCUT2D eigenvalue weighted by molar-refractivity contribution is 7.22. The van der Waals surface area contributed by atoms with E-state index in [-0.39, 0.29) is 0 Å². The van der Waals surface area contributed by atoms with E-state index >= 15 is 0 Å². The van der Waals surface area contributed by atoms with Gasteiger partial charge in [-0.3, -0.25) is 9.55 Å². The molecule has 0 fully saturated rings. The number of hydrogen-bond acceptors (Lipinski definition) is 4.